The fraction of sp³-hybridized carbons (Fsp3) is 1.00. The van der Waals surface area contributed by atoms with Gasteiger partial charge in [-0.15, -0.1) is 0 Å². The van der Waals surface area contributed by atoms with Crippen LogP contribution < -0.4 is 0 Å². The zero-order chi connectivity index (χ0) is 28.9. The van der Waals surface area contributed by atoms with Crippen LogP contribution in [0.25, 0.3) is 0 Å². The third-order valence-corrected chi connectivity index (χ3v) is 12.2. The van der Waals surface area contributed by atoms with Crippen LogP contribution in [-0.2, 0) is 28.1 Å². The Hall–Kier alpha value is -0.0231. The molecule has 0 spiro atoms. The van der Waals surface area contributed by atoms with Crippen molar-refractivity contribution in [3.63, 3.8) is 0 Å². The molecule has 0 radical (unpaired) electrons. The topological polar surface area (TPSA) is 55.4 Å². The lowest BCUT2D eigenvalue weighted by atomic mass is 10.0. The lowest BCUT2D eigenvalue weighted by Gasteiger charge is -2.36. The molecule has 0 aromatic heterocycles. The van der Waals surface area contributed by atoms with Crippen LogP contribution >= 0.6 is 0 Å². The van der Waals surface area contributed by atoms with E-state index in [-0.39, 0.29) is 5.04 Å². The van der Waals surface area contributed by atoms with E-state index >= 15 is 0 Å². The third-order valence-electron chi connectivity index (χ3n) is 7.63. The molecular weight excluding hydrogens is 508 g/mol. The minimum Gasteiger partial charge on any atom is -0.414 e. The first-order valence-electron chi connectivity index (χ1n) is 16.3. The Kier molecular flexibility index (Phi) is 28.1. The maximum atomic E-state index is 6.09. The second-order valence-electron chi connectivity index (χ2n) is 12.3. The molecule has 0 N–H and O–H groups in total. The summed E-state index contributed by atoms with van der Waals surface area (Å²) in [5.41, 5.74) is 0. The fourth-order valence-electron chi connectivity index (χ4n) is 3.95. The number of rotatable bonds is 31. The van der Waals surface area contributed by atoms with E-state index < -0.39 is 8.32 Å². The number of unbranched alkanes of at least 4 members (excludes halogenated alkanes) is 13. The van der Waals surface area contributed by atoms with Crippen molar-refractivity contribution in [1.82, 2.24) is 0 Å². The summed E-state index contributed by atoms with van der Waals surface area (Å²) in [6, 6.07) is 0. The first-order chi connectivity index (χ1) is 18.8. The minimum atomic E-state index is -1.67. The van der Waals surface area contributed by atoms with Gasteiger partial charge in [0.05, 0.1) is 66.1 Å². The molecule has 39 heavy (non-hydrogen) atoms. The third kappa shape index (κ3) is 27.9. The molecule has 0 amide bonds. The van der Waals surface area contributed by atoms with Gasteiger partial charge in [-0.2, -0.15) is 0 Å². The molecule has 7 heteroatoms. The zero-order valence-electron chi connectivity index (χ0n) is 27.1. The van der Waals surface area contributed by atoms with Gasteiger partial charge in [-0.3, -0.25) is 0 Å². The van der Waals surface area contributed by atoms with Crippen LogP contribution in [0.3, 0.4) is 0 Å². The van der Waals surface area contributed by atoms with Crippen LogP contribution in [0.2, 0.25) is 18.1 Å². The summed E-state index contributed by atoms with van der Waals surface area (Å²) in [6.45, 7) is 20.5. The lowest BCUT2D eigenvalue weighted by molar-refractivity contribution is -0.0131. The van der Waals surface area contributed by atoms with Crippen LogP contribution in [0, 0.1) is 0 Å². The molecule has 0 unspecified atom stereocenters. The van der Waals surface area contributed by atoms with Gasteiger partial charge < -0.3 is 28.1 Å². The van der Waals surface area contributed by atoms with E-state index in [1.165, 1.54) is 83.5 Å². The van der Waals surface area contributed by atoms with Crippen molar-refractivity contribution >= 4 is 8.32 Å². The number of ether oxygens (including phenoxy) is 5. The Morgan fingerprint density at radius 1 is 0.385 bits per heavy atom. The average Bonchev–Trinajstić information content (AvgIpc) is 2.89. The molecule has 0 saturated heterocycles. The Labute approximate surface area is 244 Å². The van der Waals surface area contributed by atoms with Gasteiger partial charge in [0.2, 0.25) is 0 Å². The molecular formula is C32H68O6Si. The summed E-state index contributed by atoms with van der Waals surface area (Å²) < 4.78 is 34.0. The van der Waals surface area contributed by atoms with Gasteiger partial charge in [-0.25, -0.2) is 0 Å². The van der Waals surface area contributed by atoms with E-state index in [1.807, 2.05) is 0 Å². The van der Waals surface area contributed by atoms with Crippen molar-refractivity contribution in [2.24, 2.45) is 0 Å². The highest BCUT2D eigenvalue weighted by Gasteiger charge is 2.36. The zero-order valence-corrected chi connectivity index (χ0v) is 28.1. The summed E-state index contributed by atoms with van der Waals surface area (Å²) in [5.74, 6) is 0. The normalized spacial score (nSPS) is 12.5. The van der Waals surface area contributed by atoms with Crippen LogP contribution in [-0.4, -0.2) is 81.0 Å². The van der Waals surface area contributed by atoms with Gasteiger partial charge >= 0.3 is 0 Å². The minimum absolute atomic E-state index is 0.236. The van der Waals surface area contributed by atoms with Gasteiger partial charge in [0.25, 0.3) is 0 Å². The van der Waals surface area contributed by atoms with E-state index in [0.29, 0.717) is 66.1 Å². The van der Waals surface area contributed by atoms with Crippen molar-refractivity contribution in [3.8, 4) is 0 Å². The Bertz CT molecular complexity index is 484. The highest BCUT2D eigenvalue weighted by atomic mass is 28.4. The highest BCUT2D eigenvalue weighted by molar-refractivity contribution is 6.74. The summed E-state index contributed by atoms with van der Waals surface area (Å²) in [6.07, 6.45) is 19.4. The van der Waals surface area contributed by atoms with Crippen molar-refractivity contribution in [2.75, 3.05) is 72.7 Å². The van der Waals surface area contributed by atoms with Crippen molar-refractivity contribution < 1.29 is 28.1 Å². The predicted octanol–water partition coefficient (Wildman–Crippen LogP) is 8.57. The van der Waals surface area contributed by atoms with Gasteiger partial charge in [-0.1, -0.05) is 111 Å². The maximum absolute atomic E-state index is 6.09. The smallest absolute Gasteiger partial charge is 0.192 e. The summed E-state index contributed by atoms with van der Waals surface area (Å²) in [5, 5.41) is 0.236. The van der Waals surface area contributed by atoms with Gasteiger partial charge in [0.15, 0.2) is 8.32 Å². The number of hydrogen-bond donors (Lipinski definition) is 0. The SMILES string of the molecule is CCCCCCCCCCCCCCCCOCCOCCOCCOCCOCCO[Si](C)(C)C(C)(C)C. The van der Waals surface area contributed by atoms with Crippen molar-refractivity contribution in [1.29, 1.82) is 0 Å². The van der Waals surface area contributed by atoms with Gasteiger partial charge in [0, 0.05) is 6.61 Å². The first-order valence-corrected chi connectivity index (χ1v) is 19.2. The summed E-state index contributed by atoms with van der Waals surface area (Å²) in [4.78, 5) is 0. The standard InChI is InChI=1S/C32H68O6Si/c1-7-8-9-10-11-12-13-14-15-16-17-18-19-20-21-33-22-23-34-24-25-35-26-27-36-28-29-37-30-31-38-39(5,6)32(2,3)4/h7-31H2,1-6H3. The van der Waals surface area contributed by atoms with Crippen LogP contribution in [0.1, 0.15) is 118 Å². The average molecular weight is 577 g/mol. The van der Waals surface area contributed by atoms with E-state index in [0.717, 1.165) is 13.0 Å². The molecule has 0 fully saturated rings. The predicted molar refractivity (Wildman–Crippen MR) is 168 cm³/mol. The quantitative estimate of drug-likeness (QED) is 0.0608. The van der Waals surface area contributed by atoms with Crippen LogP contribution in [0.4, 0.5) is 0 Å². The molecule has 0 bridgehead atoms. The monoisotopic (exact) mass is 576 g/mol. The van der Waals surface area contributed by atoms with Gasteiger partial charge in [0.1, 0.15) is 0 Å². The summed E-state index contributed by atoms with van der Waals surface area (Å²) in [7, 11) is -1.67. The van der Waals surface area contributed by atoms with E-state index in [4.69, 9.17) is 28.1 Å². The van der Waals surface area contributed by atoms with E-state index in [1.54, 1.807) is 0 Å². The molecule has 0 aliphatic heterocycles. The van der Waals surface area contributed by atoms with Gasteiger partial charge in [-0.05, 0) is 24.6 Å². The number of hydrogen-bond acceptors (Lipinski definition) is 6. The molecule has 6 nitrogen and oxygen atoms in total. The summed E-state index contributed by atoms with van der Waals surface area (Å²) >= 11 is 0. The Balaban J connectivity index is 3.13. The lowest BCUT2D eigenvalue weighted by Crippen LogP contribution is -2.41. The molecule has 236 valence electrons. The molecule has 0 rings (SSSR count). The molecule has 0 aromatic rings. The molecule has 0 aliphatic carbocycles. The fourth-order valence-corrected chi connectivity index (χ4v) is 4.98. The Morgan fingerprint density at radius 3 is 1.00 bits per heavy atom. The molecule has 0 atom stereocenters. The molecule has 0 heterocycles. The molecule has 0 saturated carbocycles. The molecule has 0 aliphatic rings. The highest BCUT2D eigenvalue weighted by Crippen LogP contribution is 2.36. The first kappa shape index (κ1) is 39.0. The van der Waals surface area contributed by atoms with Crippen LogP contribution in [0.15, 0.2) is 0 Å². The van der Waals surface area contributed by atoms with Crippen molar-refractivity contribution in [2.45, 2.75) is 136 Å². The van der Waals surface area contributed by atoms with Crippen LogP contribution in [0.5, 0.6) is 0 Å². The van der Waals surface area contributed by atoms with Crippen molar-refractivity contribution in [3.05, 3.63) is 0 Å². The largest absolute Gasteiger partial charge is 0.414 e. The van der Waals surface area contributed by atoms with E-state index in [9.17, 15) is 0 Å². The molecule has 0 aromatic carbocycles. The second kappa shape index (κ2) is 28.1. The second-order valence-corrected chi connectivity index (χ2v) is 17.1. The van der Waals surface area contributed by atoms with E-state index in [2.05, 4.69) is 40.8 Å². The maximum Gasteiger partial charge on any atom is 0.192 e. The Morgan fingerprint density at radius 2 is 0.667 bits per heavy atom.